The van der Waals surface area contributed by atoms with E-state index >= 15 is 0 Å². The Balaban J connectivity index is 0.000000180. The van der Waals surface area contributed by atoms with E-state index in [2.05, 4.69) is 55.8 Å². The summed E-state index contributed by atoms with van der Waals surface area (Å²) in [4.78, 5) is 58.1. The fraction of sp³-hybridized carbons (Fsp3) is 0.190. The molecule has 0 unspecified atom stereocenters. The van der Waals surface area contributed by atoms with Crippen molar-refractivity contribution in [1.29, 1.82) is 0 Å². The van der Waals surface area contributed by atoms with E-state index in [-0.39, 0.29) is 37.9 Å². The van der Waals surface area contributed by atoms with Crippen molar-refractivity contribution >= 4 is 73.0 Å². The minimum atomic E-state index is -0.482. The van der Waals surface area contributed by atoms with Crippen LogP contribution in [-0.4, -0.2) is 65.1 Å². The summed E-state index contributed by atoms with van der Waals surface area (Å²) in [5.41, 5.74) is 8.83. The van der Waals surface area contributed by atoms with Crippen LogP contribution in [-0.2, 0) is 48.6 Å². The second-order valence-electron chi connectivity index (χ2n) is 12.8. The zero-order valence-electron chi connectivity index (χ0n) is 33.3. The number of ether oxygens (including phenoxy) is 2. The van der Waals surface area contributed by atoms with Gasteiger partial charge in [-0.2, -0.15) is 0 Å². The molecule has 0 fully saturated rings. The number of aromatic nitrogens is 8. The molecule has 0 saturated heterocycles. The van der Waals surface area contributed by atoms with Gasteiger partial charge in [-0.1, -0.05) is 94.9 Å². The maximum atomic E-state index is 13.8. The molecule has 8 rings (SSSR count). The summed E-state index contributed by atoms with van der Waals surface area (Å²) in [6.45, 7) is 1.61. The maximum absolute atomic E-state index is 13.8. The van der Waals surface area contributed by atoms with Crippen LogP contribution in [0.5, 0.6) is 0 Å². The Hall–Kier alpha value is -6.87. The number of halogens is 3. The van der Waals surface area contributed by atoms with Crippen molar-refractivity contribution in [2.75, 3.05) is 18.4 Å². The molecule has 0 saturated carbocycles. The highest BCUT2D eigenvalue weighted by Crippen LogP contribution is 2.26. The van der Waals surface area contributed by atoms with Crippen LogP contribution in [0.2, 0.25) is 5.15 Å². The van der Waals surface area contributed by atoms with Crippen molar-refractivity contribution in [3.63, 3.8) is 0 Å². The second kappa shape index (κ2) is 23.9. The lowest BCUT2D eigenvalue weighted by Crippen LogP contribution is -2.26. The Morgan fingerprint density at radius 1 is 0.635 bits per heavy atom. The number of thiazole rings is 2. The molecule has 0 radical (unpaired) electrons. The van der Waals surface area contributed by atoms with E-state index in [1.165, 1.54) is 65.9 Å². The largest absolute Gasteiger partial charge is 0.445 e. The molecule has 8 aromatic rings. The number of nitrogens with one attached hydrogen (secondary N) is 3. The van der Waals surface area contributed by atoms with Crippen LogP contribution in [0.1, 0.15) is 32.5 Å². The first-order valence-electron chi connectivity index (χ1n) is 19.1. The normalized spacial score (nSPS) is 10.5. The van der Waals surface area contributed by atoms with E-state index in [4.69, 9.17) is 26.8 Å². The molecule has 63 heavy (non-hydrogen) atoms. The summed E-state index contributed by atoms with van der Waals surface area (Å²) in [6, 6.07) is 24.8. The number of hydrogen-bond acceptors (Lipinski definition) is 16. The van der Waals surface area contributed by atoms with Crippen molar-refractivity contribution < 1.29 is 27.8 Å². The summed E-state index contributed by atoms with van der Waals surface area (Å²) < 4.78 is 36.5. The highest BCUT2D eigenvalue weighted by atomic mass is 35.5. The number of anilines is 1. The number of carbonyl (C=O) groups is 2. The first-order chi connectivity index (χ1) is 30.7. The molecule has 0 bridgehead atoms. The number of nitrogens with two attached hydrogens (primary N) is 1. The Labute approximate surface area is 372 Å². The van der Waals surface area contributed by atoms with Crippen LogP contribution in [0, 0.1) is 11.6 Å². The summed E-state index contributed by atoms with van der Waals surface area (Å²) in [7, 11) is 0. The minimum Gasteiger partial charge on any atom is -0.445 e. The molecule has 6 aromatic heterocycles. The second-order valence-corrected chi connectivity index (χ2v) is 15.3. The number of alkyl carbamates (subject to hydrolysis) is 2. The third-order valence-corrected chi connectivity index (χ3v) is 10.7. The molecule has 0 aliphatic heterocycles. The smallest absolute Gasteiger partial charge is 0.407 e. The van der Waals surface area contributed by atoms with E-state index in [1.54, 1.807) is 6.07 Å². The minimum absolute atomic E-state index is 0.159. The fourth-order valence-corrected chi connectivity index (χ4v) is 7.32. The Kier molecular flexibility index (Phi) is 17.4. The Morgan fingerprint density at radius 2 is 1.14 bits per heavy atom. The fourth-order valence-electron chi connectivity index (χ4n) is 5.29. The van der Waals surface area contributed by atoms with Gasteiger partial charge >= 0.3 is 12.2 Å². The van der Waals surface area contributed by atoms with Gasteiger partial charge in [0, 0.05) is 44.9 Å². The molecular formula is C42H39ClF2N12O4S2. The number of fused-ring (bicyclic) bond motifs is 2. The van der Waals surface area contributed by atoms with Gasteiger partial charge < -0.3 is 31.2 Å². The van der Waals surface area contributed by atoms with Crippen molar-refractivity contribution in [3.05, 3.63) is 159 Å². The van der Waals surface area contributed by atoms with Gasteiger partial charge in [-0.15, -0.1) is 0 Å². The van der Waals surface area contributed by atoms with E-state index in [1.807, 2.05) is 60.7 Å². The average molecular weight is 913 g/mol. The summed E-state index contributed by atoms with van der Waals surface area (Å²) in [5, 5.41) is 10.5. The number of rotatable bonds is 14. The van der Waals surface area contributed by atoms with Crippen LogP contribution < -0.4 is 21.7 Å². The standard InChI is InChI=1S/C21H19FN6O2S.C15H13ClN4O2S.C6H7FN2/c22-15-7-4-9-23-16(15)11-25-19-18-20(27-13-26-19)31-17(28-18)8-10-24-21(29)30-12-14-5-2-1-3-6-14;16-13-12-14(19-9-18-13)23-11(20-12)6-7-17-15(21)22-8-10-4-2-1-3-5-10;7-5-2-1-3-9-6(5)4-8/h1-7,9,13H,8,10-12H2,(H,24,29)(H,25,26,27);1-5,9H,6-8H2,(H,17,21);1-3H,4,8H2. The van der Waals surface area contributed by atoms with Gasteiger partial charge in [-0.25, -0.2) is 48.3 Å². The third-order valence-electron chi connectivity index (χ3n) is 8.36. The molecule has 2 amide bonds. The van der Waals surface area contributed by atoms with E-state index in [9.17, 15) is 18.4 Å². The zero-order chi connectivity index (χ0) is 44.2. The van der Waals surface area contributed by atoms with Gasteiger partial charge in [0.2, 0.25) is 0 Å². The van der Waals surface area contributed by atoms with Gasteiger partial charge in [-0.3, -0.25) is 9.97 Å². The van der Waals surface area contributed by atoms with Gasteiger partial charge in [-0.05, 0) is 35.4 Å². The zero-order valence-corrected chi connectivity index (χ0v) is 35.7. The molecule has 0 atom stereocenters. The molecule has 324 valence electrons. The quantitative estimate of drug-likeness (QED) is 0.0773. The van der Waals surface area contributed by atoms with E-state index in [0.717, 1.165) is 26.0 Å². The van der Waals surface area contributed by atoms with Crippen LogP contribution in [0.15, 0.2) is 110 Å². The summed E-state index contributed by atoms with van der Waals surface area (Å²) in [5.74, 6) is -0.211. The Morgan fingerprint density at radius 3 is 1.65 bits per heavy atom. The van der Waals surface area contributed by atoms with Gasteiger partial charge in [0.25, 0.3) is 0 Å². The van der Waals surface area contributed by atoms with E-state index < -0.39 is 12.2 Å². The van der Waals surface area contributed by atoms with E-state index in [0.29, 0.717) is 64.2 Å². The first kappa shape index (κ1) is 45.7. The lowest BCUT2D eigenvalue weighted by atomic mass is 10.2. The summed E-state index contributed by atoms with van der Waals surface area (Å²) in [6.07, 6.45) is 6.07. The summed E-state index contributed by atoms with van der Waals surface area (Å²) >= 11 is 8.81. The highest BCUT2D eigenvalue weighted by Gasteiger charge is 2.13. The van der Waals surface area contributed by atoms with Crippen LogP contribution in [0.25, 0.3) is 20.7 Å². The highest BCUT2D eigenvalue weighted by molar-refractivity contribution is 7.18. The molecule has 0 spiro atoms. The number of carbonyl (C=O) groups excluding carboxylic acids is 2. The number of pyridine rings is 2. The third kappa shape index (κ3) is 14.4. The number of hydrogen-bond donors (Lipinski definition) is 4. The first-order valence-corrected chi connectivity index (χ1v) is 21.1. The maximum Gasteiger partial charge on any atom is 0.407 e. The molecule has 21 heteroatoms. The number of amides is 2. The molecule has 6 heterocycles. The van der Waals surface area contributed by atoms with Crippen molar-refractivity contribution in [3.8, 4) is 0 Å². The van der Waals surface area contributed by atoms with Gasteiger partial charge in [0.15, 0.2) is 11.0 Å². The monoisotopic (exact) mass is 912 g/mol. The Bertz CT molecular complexity index is 2700. The molecule has 0 aliphatic carbocycles. The predicted molar refractivity (Wildman–Crippen MR) is 236 cm³/mol. The lowest BCUT2D eigenvalue weighted by Gasteiger charge is -2.06. The number of nitrogens with zero attached hydrogens (tertiary/aromatic N) is 8. The predicted octanol–water partition coefficient (Wildman–Crippen LogP) is 7.59. The molecule has 5 N–H and O–H groups in total. The lowest BCUT2D eigenvalue weighted by molar-refractivity contribution is 0.139. The van der Waals surface area contributed by atoms with Crippen molar-refractivity contribution in [1.82, 2.24) is 50.5 Å². The number of benzene rings is 2. The van der Waals surface area contributed by atoms with Crippen LogP contribution in [0.3, 0.4) is 0 Å². The topological polar surface area (TPSA) is 218 Å². The van der Waals surface area contributed by atoms with Gasteiger partial charge in [0.1, 0.15) is 58.2 Å². The SMILES string of the molecule is NCc1ncccc1F.O=C(NCCc1nc2c(Cl)ncnc2s1)OCc1ccccc1.O=C(NCCc1nc2c(NCc3ncccc3F)ncnc2s1)OCc1ccccc1. The van der Waals surface area contributed by atoms with Gasteiger partial charge in [0.05, 0.1) is 27.9 Å². The molecular weight excluding hydrogens is 874 g/mol. The molecule has 16 nitrogen and oxygen atoms in total. The van der Waals surface area contributed by atoms with Crippen LogP contribution in [0.4, 0.5) is 24.2 Å². The van der Waals surface area contributed by atoms with Crippen molar-refractivity contribution in [2.45, 2.75) is 39.1 Å². The van der Waals surface area contributed by atoms with Crippen molar-refractivity contribution in [2.24, 2.45) is 5.73 Å². The molecule has 2 aromatic carbocycles. The average Bonchev–Trinajstić information content (AvgIpc) is 3.94. The molecule has 0 aliphatic rings. The van der Waals surface area contributed by atoms with Crippen LogP contribution >= 0.6 is 34.3 Å².